The lowest BCUT2D eigenvalue weighted by Crippen LogP contribution is -2.54. The zero-order chi connectivity index (χ0) is 18.5. The van der Waals surface area contributed by atoms with Crippen molar-refractivity contribution in [1.82, 2.24) is 24.5 Å². The predicted molar refractivity (Wildman–Crippen MR) is 101 cm³/mol. The zero-order valence-electron chi connectivity index (χ0n) is 15.1. The lowest BCUT2D eigenvalue weighted by Gasteiger charge is -2.43. The minimum atomic E-state index is -0.941. The van der Waals surface area contributed by atoms with Crippen LogP contribution in [0.3, 0.4) is 0 Å². The van der Waals surface area contributed by atoms with E-state index in [1.54, 1.807) is 17.1 Å². The van der Waals surface area contributed by atoms with Gasteiger partial charge < -0.3 is 4.74 Å². The van der Waals surface area contributed by atoms with E-state index in [0.717, 1.165) is 35.1 Å². The average molecular weight is 390 g/mol. The number of aromatic nitrogens is 4. The number of rotatable bonds is 3. The molecule has 8 heteroatoms. The van der Waals surface area contributed by atoms with Crippen molar-refractivity contribution in [1.29, 1.82) is 0 Å². The normalized spacial score (nSPS) is 24.4. The highest BCUT2D eigenvalue weighted by Gasteiger charge is 2.36. The van der Waals surface area contributed by atoms with Crippen molar-refractivity contribution >= 4 is 22.5 Å². The molecule has 0 bridgehead atoms. The number of ether oxygens (including phenoxy) is 1. The Morgan fingerprint density at radius 3 is 2.74 bits per heavy atom. The molecule has 2 aromatic heterocycles. The van der Waals surface area contributed by atoms with E-state index in [4.69, 9.17) is 16.3 Å². The van der Waals surface area contributed by atoms with E-state index in [1.807, 2.05) is 30.1 Å². The number of nitrogens with zero attached hydrogens (tertiary/aromatic N) is 5. The summed E-state index contributed by atoms with van der Waals surface area (Å²) in [5.74, 6) is -0.198. The van der Waals surface area contributed by atoms with E-state index in [-0.39, 0.29) is 5.92 Å². The highest BCUT2D eigenvalue weighted by molar-refractivity contribution is 6.32. The molecule has 0 saturated carbocycles. The molecular weight excluding hydrogens is 369 g/mol. The molecule has 2 atom stereocenters. The molecule has 4 heterocycles. The second kappa shape index (κ2) is 6.58. The zero-order valence-corrected chi connectivity index (χ0v) is 15.8. The monoisotopic (exact) mass is 389 g/mol. The van der Waals surface area contributed by atoms with Crippen LogP contribution in [0.4, 0.5) is 4.39 Å². The molecule has 27 heavy (non-hydrogen) atoms. The second-order valence-electron chi connectivity index (χ2n) is 7.46. The number of fused-ring (bicyclic) bond motifs is 1. The second-order valence-corrected chi connectivity index (χ2v) is 7.87. The van der Waals surface area contributed by atoms with Crippen LogP contribution in [0, 0.1) is 0 Å². The minimum absolute atomic E-state index is 0.198. The molecule has 6 nitrogen and oxygen atoms in total. The summed E-state index contributed by atoms with van der Waals surface area (Å²) in [6.07, 6.45) is 5.26. The lowest BCUT2D eigenvalue weighted by atomic mass is 9.86. The molecule has 0 N–H and O–H groups in total. The van der Waals surface area contributed by atoms with Crippen molar-refractivity contribution in [2.75, 3.05) is 26.3 Å². The minimum Gasteiger partial charge on any atom is -0.378 e. The SMILES string of the molecule is Cn1cc(-n2ncc3cc(Cl)c([C@@H]4CCN(C5COC5)C[C@H]4F)cc32)cn1. The maximum atomic E-state index is 15.1. The Hall–Kier alpha value is -1.96. The Kier molecular flexibility index (Phi) is 4.18. The third kappa shape index (κ3) is 2.94. The van der Waals surface area contributed by atoms with Gasteiger partial charge in [0.05, 0.1) is 43.4 Å². The van der Waals surface area contributed by atoms with Gasteiger partial charge in [-0.3, -0.25) is 9.58 Å². The van der Waals surface area contributed by atoms with Crippen molar-refractivity contribution in [2.24, 2.45) is 7.05 Å². The first-order valence-corrected chi connectivity index (χ1v) is 9.60. The van der Waals surface area contributed by atoms with E-state index in [1.165, 1.54) is 0 Å². The largest absolute Gasteiger partial charge is 0.378 e. The number of benzene rings is 1. The van der Waals surface area contributed by atoms with Crippen molar-refractivity contribution in [3.63, 3.8) is 0 Å². The van der Waals surface area contributed by atoms with Gasteiger partial charge in [0.1, 0.15) is 11.9 Å². The molecule has 142 valence electrons. The third-order valence-electron chi connectivity index (χ3n) is 5.73. The van der Waals surface area contributed by atoms with Crippen LogP contribution in [0.1, 0.15) is 17.9 Å². The predicted octanol–water partition coefficient (Wildman–Crippen LogP) is 2.94. The molecule has 0 spiro atoms. The van der Waals surface area contributed by atoms with Gasteiger partial charge in [0.15, 0.2) is 0 Å². The molecule has 0 amide bonds. The number of hydrogen-bond acceptors (Lipinski definition) is 4. The number of aryl methyl sites for hydroxylation is 1. The highest BCUT2D eigenvalue weighted by Crippen LogP contribution is 2.38. The van der Waals surface area contributed by atoms with Crippen LogP contribution < -0.4 is 0 Å². The van der Waals surface area contributed by atoms with Gasteiger partial charge in [-0.05, 0) is 30.7 Å². The first-order chi connectivity index (χ1) is 13.1. The molecule has 5 rings (SSSR count). The fourth-order valence-electron chi connectivity index (χ4n) is 4.11. The molecule has 1 aromatic carbocycles. The van der Waals surface area contributed by atoms with Crippen LogP contribution in [0.15, 0.2) is 30.7 Å². The van der Waals surface area contributed by atoms with Crippen molar-refractivity contribution in [2.45, 2.75) is 24.6 Å². The Morgan fingerprint density at radius 1 is 1.22 bits per heavy atom. The van der Waals surface area contributed by atoms with Crippen LogP contribution in [-0.2, 0) is 11.8 Å². The van der Waals surface area contributed by atoms with Gasteiger partial charge in [-0.15, -0.1) is 0 Å². The highest BCUT2D eigenvalue weighted by atomic mass is 35.5. The number of hydrogen-bond donors (Lipinski definition) is 0. The van der Waals surface area contributed by atoms with Crippen LogP contribution in [0.5, 0.6) is 0 Å². The molecule has 2 aliphatic heterocycles. The fourth-order valence-corrected chi connectivity index (χ4v) is 4.43. The van der Waals surface area contributed by atoms with Crippen LogP contribution in [0.2, 0.25) is 5.02 Å². The molecule has 0 aliphatic carbocycles. The number of piperidine rings is 1. The van der Waals surface area contributed by atoms with E-state index in [0.29, 0.717) is 30.8 Å². The summed E-state index contributed by atoms with van der Waals surface area (Å²) in [4.78, 5) is 2.21. The summed E-state index contributed by atoms with van der Waals surface area (Å²) in [7, 11) is 1.87. The summed E-state index contributed by atoms with van der Waals surface area (Å²) in [5.41, 5.74) is 2.66. The number of halogens is 2. The average Bonchev–Trinajstić information content (AvgIpc) is 3.18. The Balaban J connectivity index is 1.48. The van der Waals surface area contributed by atoms with Crippen LogP contribution >= 0.6 is 11.6 Å². The van der Waals surface area contributed by atoms with E-state index in [9.17, 15) is 0 Å². The molecule has 0 unspecified atom stereocenters. The van der Waals surface area contributed by atoms with Crippen molar-refractivity contribution in [3.8, 4) is 5.69 Å². The standard InChI is InChI=1S/C19H21ClFN5O/c1-24-8-13(7-22-24)26-19-5-16(17(20)4-12(19)6-23-26)15-2-3-25(9-18(15)21)14-10-27-11-14/h4-8,14-15,18H,2-3,9-11H2,1H3/t15-,18+/m0/s1. The maximum absolute atomic E-state index is 15.1. The van der Waals surface area contributed by atoms with E-state index in [2.05, 4.69) is 15.1 Å². The number of alkyl halides is 1. The summed E-state index contributed by atoms with van der Waals surface area (Å²) in [5, 5.41) is 10.2. The quantitative estimate of drug-likeness (QED) is 0.691. The van der Waals surface area contributed by atoms with Crippen LogP contribution in [-0.4, -0.2) is 63.0 Å². The third-order valence-corrected chi connectivity index (χ3v) is 6.06. The van der Waals surface area contributed by atoms with Gasteiger partial charge in [0.2, 0.25) is 0 Å². The first kappa shape index (κ1) is 17.2. The van der Waals surface area contributed by atoms with E-state index < -0.39 is 6.17 Å². The van der Waals surface area contributed by atoms with Gasteiger partial charge in [-0.1, -0.05) is 11.6 Å². The molecule has 0 radical (unpaired) electrons. The van der Waals surface area contributed by atoms with Gasteiger partial charge in [0, 0.05) is 29.9 Å². The van der Waals surface area contributed by atoms with Crippen LogP contribution in [0.25, 0.3) is 16.6 Å². The summed E-state index contributed by atoms with van der Waals surface area (Å²) < 4.78 is 23.9. The molecule has 2 fully saturated rings. The van der Waals surface area contributed by atoms with Crippen molar-refractivity contribution < 1.29 is 9.13 Å². The van der Waals surface area contributed by atoms with Gasteiger partial charge in [0.25, 0.3) is 0 Å². The Bertz CT molecular complexity index is 982. The van der Waals surface area contributed by atoms with Crippen molar-refractivity contribution in [3.05, 3.63) is 41.3 Å². The molecule has 3 aromatic rings. The lowest BCUT2D eigenvalue weighted by molar-refractivity contribution is -0.0806. The first-order valence-electron chi connectivity index (χ1n) is 9.22. The molecular formula is C19H21ClFN5O. The van der Waals surface area contributed by atoms with E-state index >= 15 is 4.39 Å². The topological polar surface area (TPSA) is 48.1 Å². The molecule has 2 saturated heterocycles. The number of likely N-dealkylation sites (tertiary alicyclic amines) is 1. The Morgan fingerprint density at radius 2 is 2.07 bits per heavy atom. The summed E-state index contributed by atoms with van der Waals surface area (Å²) >= 11 is 6.54. The summed E-state index contributed by atoms with van der Waals surface area (Å²) in [6.45, 7) is 2.74. The van der Waals surface area contributed by atoms with Gasteiger partial charge in [-0.2, -0.15) is 10.2 Å². The van der Waals surface area contributed by atoms with Gasteiger partial charge >= 0.3 is 0 Å². The maximum Gasteiger partial charge on any atom is 0.120 e. The fraction of sp³-hybridized carbons (Fsp3) is 0.474. The smallest absolute Gasteiger partial charge is 0.120 e. The molecule has 2 aliphatic rings. The Labute approximate surface area is 161 Å². The summed E-state index contributed by atoms with van der Waals surface area (Å²) in [6, 6.07) is 4.26. The van der Waals surface area contributed by atoms with Gasteiger partial charge in [-0.25, -0.2) is 9.07 Å².